The van der Waals surface area contributed by atoms with Gasteiger partial charge >= 0.3 is 0 Å². The van der Waals surface area contributed by atoms with Gasteiger partial charge in [0.25, 0.3) is 0 Å². The highest BCUT2D eigenvalue weighted by atomic mass is 16.5. The number of fused-ring (bicyclic) bond motifs is 16. The lowest BCUT2D eigenvalue weighted by Crippen LogP contribution is -2.32. The van der Waals surface area contributed by atoms with Crippen molar-refractivity contribution in [3.63, 3.8) is 0 Å². The van der Waals surface area contributed by atoms with Crippen LogP contribution in [0.2, 0.25) is 0 Å². The van der Waals surface area contributed by atoms with Crippen molar-refractivity contribution < 1.29 is 9.15 Å². The molecule has 11 aromatic rings. The molecule has 1 spiro atoms. The van der Waals surface area contributed by atoms with Crippen LogP contribution >= 0.6 is 0 Å². The third kappa shape index (κ3) is 4.65. The second-order valence-corrected chi connectivity index (χ2v) is 16.3. The molecule has 2 heterocycles. The second-order valence-electron chi connectivity index (χ2n) is 16.3. The van der Waals surface area contributed by atoms with Crippen molar-refractivity contribution >= 4 is 43.5 Å². The lowest BCUT2D eigenvalue weighted by molar-refractivity contribution is 0.447. The summed E-state index contributed by atoms with van der Waals surface area (Å²) >= 11 is 0. The van der Waals surface area contributed by atoms with Crippen LogP contribution in [-0.2, 0) is 5.41 Å². The summed E-state index contributed by atoms with van der Waals surface area (Å²) in [6.07, 6.45) is 0. The van der Waals surface area contributed by atoms with Gasteiger partial charge in [-0.05, 0) is 73.0 Å². The molecule has 0 N–H and O–H groups in total. The smallest absolute Gasteiger partial charge is 0.140 e. The summed E-state index contributed by atoms with van der Waals surface area (Å²) in [6.45, 7) is 0. The lowest BCUT2D eigenvalue weighted by Gasteiger charge is -2.40. The van der Waals surface area contributed by atoms with Gasteiger partial charge in [0.05, 0.1) is 5.41 Å². The zero-order chi connectivity index (χ0) is 39.4. The second kappa shape index (κ2) is 12.7. The zero-order valence-corrected chi connectivity index (χ0v) is 32.6. The number of rotatable bonds is 4. The van der Waals surface area contributed by atoms with Crippen LogP contribution in [0.15, 0.2) is 217 Å². The maximum Gasteiger partial charge on any atom is 0.140 e. The van der Waals surface area contributed by atoms with Crippen molar-refractivity contribution in [1.82, 2.24) is 0 Å². The van der Waals surface area contributed by atoms with Gasteiger partial charge in [0.1, 0.15) is 22.7 Å². The van der Waals surface area contributed by atoms with E-state index < -0.39 is 5.41 Å². The highest BCUT2D eigenvalue weighted by Gasteiger charge is 2.52. The number of para-hydroxylation sites is 1. The van der Waals surface area contributed by atoms with Gasteiger partial charge in [-0.15, -0.1) is 0 Å². The molecule has 1 aliphatic heterocycles. The average Bonchev–Trinajstić information content (AvgIpc) is 3.83. The SMILES string of the molecule is c1ccc(-c2ccc(C(c3ccc4c(c3)C3(c5ccccc5-4)c4ccc5ccccc5c4Oc4c3ccc3ccccc43)c3ccc4c(c3)oc3ccccc34)cc2)cc1. The van der Waals surface area contributed by atoms with Crippen LogP contribution in [0.25, 0.3) is 65.7 Å². The van der Waals surface area contributed by atoms with E-state index in [4.69, 9.17) is 9.15 Å². The van der Waals surface area contributed by atoms with Gasteiger partial charge in [-0.1, -0.05) is 200 Å². The Balaban J connectivity index is 1.10. The molecule has 2 nitrogen and oxygen atoms in total. The average molecular weight is 765 g/mol. The standard InChI is InChI=1S/C58H36O2/c1-2-12-36(13-3-1)37-22-24-40(25-23-37)55(42-27-31-48-47-19-9-11-21-53(47)59-54(48)35-42)41-26-30-46-45-18-8-10-20-49(45)58(52(46)34-41)50-32-28-38-14-4-6-16-43(38)56(50)60-57-44-17-7-5-15-39(44)29-33-51(57)58/h1-35,55H. The molecule has 1 aliphatic carbocycles. The molecule has 0 amide bonds. The molecule has 0 radical (unpaired) electrons. The summed E-state index contributed by atoms with van der Waals surface area (Å²) in [6, 6.07) is 77.6. The maximum atomic E-state index is 7.24. The van der Waals surface area contributed by atoms with E-state index in [1.807, 2.05) is 6.07 Å². The maximum absolute atomic E-state index is 7.24. The molecule has 2 aliphatic rings. The molecule has 2 heteroatoms. The monoisotopic (exact) mass is 764 g/mol. The first-order valence-electron chi connectivity index (χ1n) is 20.8. The lowest BCUT2D eigenvalue weighted by atomic mass is 9.65. The van der Waals surface area contributed by atoms with Crippen molar-refractivity contribution in [2.75, 3.05) is 0 Å². The van der Waals surface area contributed by atoms with Crippen molar-refractivity contribution in [3.8, 4) is 33.8 Å². The Morgan fingerprint density at radius 3 is 1.63 bits per heavy atom. The van der Waals surface area contributed by atoms with Gasteiger partial charge in [0.15, 0.2) is 0 Å². The van der Waals surface area contributed by atoms with Crippen LogP contribution in [0.3, 0.4) is 0 Å². The Hall–Kier alpha value is -7.68. The minimum atomic E-state index is -0.636. The Labute approximate surface area is 347 Å². The van der Waals surface area contributed by atoms with Crippen LogP contribution < -0.4 is 4.74 Å². The van der Waals surface area contributed by atoms with E-state index in [9.17, 15) is 0 Å². The van der Waals surface area contributed by atoms with Crippen LogP contribution in [0, 0.1) is 0 Å². The molecule has 0 fully saturated rings. The fourth-order valence-electron chi connectivity index (χ4n) is 10.6. The van der Waals surface area contributed by atoms with E-state index in [1.54, 1.807) is 0 Å². The molecule has 10 aromatic carbocycles. The Morgan fingerprint density at radius 1 is 0.333 bits per heavy atom. The molecular formula is C58H36O2. The topological polar surface area (TPSA) is 22.4 Å². The predicted molar refractivity (Wildman–Crippen MR) is 245 cm³/mol. The van der Waals surface area contributed by atoms with E-state index in [0.717, 1.165) is 55.0 Å². The highest BCUT2D eigenvalue weighted by Crippen LogP contribution is 2.64. The molecule has 0 bridgehead atoms. The van der Waals surface area contributed by atoms with Crippen LogP contribution in [0.4, 0.5) is 0 Å². The van der Waals surface area contributed by atoms with Gasteiger partial charge in [-0.3, -0.25) is 0 Å². The van der Waals surface area contributed by atoms with Gasteiger partial charge in [-0.2, -0.15) is 0 Å². The summed E-state index contributed by atoms with van der Waals surface area (Å²) in [5, 5.41) is 6.82. The summed E-state index contributed by atoms with van der Waals surface area (Å²) < 4.78 is 13.8. The van der Waals surface area contributed by atoms with Crippen LogP contribution in [-0.4, -0.2) is 0 Å². The van der Waals surface area contributed by atoms with Crippen molar-refractivity contribution in [3.05, 3.63) is 251 Å². The first-order valence-corrected chi connectivity index (χ1v) is 20.8. The van der Waals surface area contributed by atoms with E-state index in [2.05, 4.69) is 206 Å². The Bertz CT molecular complexity index is 3430. The number of furan rings is 1. The summed E-state index contributed by atoms with van der Waals surface area (Å²) in [5.41, 5.74) is 14.6. The van der Waals surface area contributed by atoms with E-state index in [0.29, 0.717) is 0 Å². The Kier molecular flexibility index (Phi) is 7.03. The minimum Gasteiger partial charge on any atom is -0.456 e. The fourth-order valence-corrected chi connectivity index (χ4v) is 10.6. The summed E-state index contributed by atoms with van der Waals surface area (Å²) in [7, 11) is 0. The van der Waals surface area contributed by atoms with E-state index in [-0.39, 0.29) is 5.92 Å². The highest BCUT2D eigenvalue weighted by molar-refractivity contribution is 6.05. The third-order valence-corrected chi connectivity index (χ3v) is 13.3. The largest absolute Gasteiger partial charge is 0.456 e. The van der Waals surface area contributed by atoms with Gasteiger partial charge in [0, 0.05) is 38.6 Å². The normalized spacial score (nSPS) is 13.9. The fraction of sp³-hybridized carbons (Fsp3) is 0.0345. The van der Waals surface area contributed by atoms with Crippen molar-refractivity contribution in [1.29, 1.82) is 0 Å². The summed E-state index contributed by atoms with van der Waals surface area (Å²) in [5.74, 6) is 1.77. The first kappa shape index (κ1) is 33.3. The molecule has 1 aromatic heterocycles. The molecule has 60 heavy (non-hydrogen) atoms. The zero-order valence-electron chi connectivity index (χ0n) is 32.6. The van der Waals surface area contributed by atoms with Gasteiger partial charge < -0.3 is 9.15 Å². The third-order valence-electron chi connectivity index (χ3n) is 13.3. The molecule has 1 atom stereocenters. The number of hydrogen-bond acceptors (Lipinski definition) is 2. The molecule has 0 saturated heterocycles. The molecule has 13 rings (SSSR count). The van der Waals surface area contributed by atoms with Gasteiger partial charge in [-0.25, -0.2) is 0 Å². The molecular weight excluding hydrogens is 729 g/mol. The number of benzene rings is 10. The number of hydrogen-bond donors (Lipinski definition) is 0. The molecule has 1 unspecified atom stereocenters. The number of ether oxygens (including phenoxy) is 1. The Morgan fingerprint density at radius 2 is 0.883 bits per heavy atom. The minimum absolute atomic E-state index is 0.0783. The molecule has 280 valence electrons. The quantitative estimate of drug-likeness (QED) is 0.167. The first-order chi connectivity index (χ1) is 29.7. The van der Waals surface area contributed by atoms with Crippen molar-refractivity contribution in [2.45, 2.75) is 11.3 Å². The van der Waals surface area contributed by atoms with E-state index >= 15 is 0 Å². The predicted octanol–water partition coefficient (Wildman–Crippen LogP) is 15.2. The van der Waals surface area contributed by atoms with Crippen LogP contribution in [0.1, 0.15) is 44.9 Å². The van der Waals surface area contributed by atoms with Crippen molar-refractivity contribution in [2.24, 2.45) is 0 Å². The van der Waals surface area contributed by atoms with E-state index in [1.165, 1.54) is 61.2 Å². The molecule has 0 saturated carbocycles. The van der Waals surface area contributed by atoms with Crippen LogP contribution in [0.5, 0.6) is 11.5 Å². The van der Waals surface area contributed by atoms with Gasteiger partial charge in [0.2, 0.25) is 0 Å². The summed E-state index contributed by atoms with van der Waals surface area (Å²) in [4.78, 5) is 0.